The minimum atomic E-state index is -2.91. The lowest BCUT2D eigenvalue weighted by Crippen LogP contribution is -2.68. The van der Waals surface area contributed by atoms with Crippen LogP contribution in [0.4, 0.5) is 0 Å². The van der Waals surface area contributed by atoms with Crippen LogP contribution in [0.5, 0.6) is 0 Å². The lowest BCUT2D eigenvalue weighted by Gasteiger charge is -2.52. The molecule has 1 unspecified atom stereocenters. The van der Waals surface area contributed by atoms with E-state index in [2.05, 4.69) is 113 Å². The predicted octanol–water partition coefficient (Wildman–Crippen LogP) is 6.26. The van der Waals surface area contributed by atoms with Gasteiger partial charge < -0.3 is 9.64 Å². The zero-order valence-electron chi connectivity index (χ0n) is 37.2. The van der Waals surface area contributed by atoms with Crippen LogP contribution < -0.4 is 21.3 Å². The van der Waals surface area contributed by atoms with Crippen molar-refractivity contribution in [2.45, 2.75) is 198 Å². The van der Waals surface area contributed by atoms with Gasteiger partial charge in [0.05, 0.1) is 35.8 Å². The minimum Gasteiger partial charge on any atom is -0.381 e. The number of nitrogens with zero attached hydrogens (tertiary/aromatic N) is 5. The van der Waals surface area contributed by atoms with Crippen LogP contribution in [-0.2, 0) is 14.6 Å². The van der Waals surface area contributed by atoms with Gasteiger partial charge in [-0.1, -0.05) is 19.3 Å². The molecule has 2 bridgehead atoms. The fraction of sp³-hybridized carbons (Fsp3) is 0.907. The maximum Gasteiger partial charge on any atom is 0.150 e. The first-order valence-electron chi connectivity index (χ1n) is 20.9. The van der Waals surface area contributed by atoms with Crippen LogP contribution >= 0.6 is 0 Å². The summed E-state index contributed by atoms with van der Waals surface area (Å²) in [4.78, 5) is 2.42. The van der Waals surface area contributed by atoms with Gasteiger partial charge in [0.2, 0.25) is 0 Å². The number of sulfone groups is 1. The number of rotatable bonds is 4. The number of ether oxygens (including phenoxy) is 1. The Hall–Kier alpha value is -2.33. The van der Waals surface area contributed by atoms with E-state index in [1.54, 1.807) is 0 Å². The highest BCUT2D eigenvalue weighted by Crippen LogP contribution is 2.36. The first-order chi connectivity index (χ1) is 25.6. The highest BCUT2D eigenvalue weighted by molar-refractivity contribution is 7.91. The van der Waals surface area contributed by atoms with E-state index in [0.717, 1.165) is 32.2 Å². The second-order valence-electron chi connectivity index (χ2n) is 21.0. The molecule has 4 N–H and O–H groups in total. The lowest BCUT2D eigenvalue weighted by molar-refractivity contribution is 0.0238. The summed E-state index contributed by atoms with van der Waals surface area (Å²) in [5.41, 5.74) is -1.67. The zero-order valence-corrected chi connectivity index (χ0v) is 38.0. The van der Waals surface area contributed by atoms with Crippen molar-refractivity contribution in [1.82, 2.24) is 26.2 Å². The molecule has 1 saturated carbocycles. The van der Waals surface area contributed by atoms with Gasteiger partial charge in [-0.15, -0.1) is 0 Å². The van der Waals surface area contributed by atoms with Crippen molar-refractivity contribution in [2.75, 3.05) is 44.4 Å². The van der Waals surface area contributed by atoms with Crippen LogP contribution in [0.1, 0.15) is 154 Å². The van der Waals surface area contributed by atoms with Gasteiger partial charge in [-0.3, -0.25) is 21.3 Å². The van der Waals surface area contributed by atoms with E-state index in [4.69, 9.17) is 15.3 Å². The quantitative estimate of drug-likeness (QED) is 0.250. The average molecular weight is 800 g/mol. The molecule has 12 nitrogen and oxygen atoms in total. The molecule has 0 aromatic heterocycles. The lowest BCUT2D eigenvalue weighted by atomic mass is 9.72. The molecule has 0 radical (unpaired) electrons. The largest absolute Gasteiger partial charge is 0.381 e. The summed E-state index contributed by atoms with van der Waals surface area (Å²) in [6, 6.07) is 9.63. The summed E-state index contributed by atoms with van der Waals surface area (Å²) in [6.45, 7) is 29.7. The Bertz CT molecular complexity index is 1460. The van der Waals surface area contributed by atoms with Crippen molar-refractivity contribution in [3.05, 3.63) is 0 Å². The van der Waals surface area contributed by atoms with Crippen molar-refractivity contribution in [3.8, 4) is 24.3 Å². The van der Waals surface area contributed by atoms with Gasteiger partial charge in [-0.2, -0.15) is 21.0 Å². The third-order valence-corrected chi connectivity index (χ3v) is 12.4. The fourth-order valence-corrected chi connectivity index (χ4v) is 10.3. The number of fused-ring (bicyclic) bond motifs is 3. The van der Waals surface area contributed by atoms with Crippen molar-refractivity contribution >= 4 is 9.84 Å². The number of hydrogen-bond acceptors (Lipinski definition) is 12. The molecule has 0 amide bonds. The zero-order chi connectivity index (χ0) is 42.7. The van der Waals surface area contributed by atoms with Gasteiger partial charge in [0.1, 0.15) is 22.2 Å². The molecule has 0 spiro atoms. The van der Waals surface area contributed by atoms with Crippen molar-refractivity contribution < 1.29 is 13.2 Å². The van der Waals surface area contributed by atoms with E-state index in [0.29, 0.717) is 32.0 Å². The van der Waals surface area contributed by atoms with Gasteiger partial charge in [-0.25, -0.2) is 8.42 Å². The van der Waals surface area contributed by atoms with Crippen molar-refractivity contribution in [3.63, 3.8) is 0 Å². The molecule has 0 aromatic carbocycles. The Balaban J connectivity index is 0.000000259. The van der Waals surface area contributed by atoms with Gasteiger partial charge in [0.15, 0.2) is 9.84 Å². The third-order valence-electron chi connectivity index (χ3n) is 10.8. The Morgan fingerprint density at radius 3 is 1.25 bits per heavy atom. The second-order valence-corrected chi connectivity index (χ2v) is 23.3. The number of nitriles is 4. The molecule has 13 heteroatoms. The van der Waals surface area contributed by atoms with E-state index in [1.807, 2.05) is 20.8 Å². The maximum atomic E-state index is 11.3. The molecule has 0 aromatic rings. The molecular weight excluding hydrogens is 723 g/mol. The Labute approximate surface area is 341 Å². The summed E-state index contributed by atoms with van der Waals surface area (Å²) in [7, 11) is -2.91. The minimum absolute atomic E-state index is 0.00687. The Kier molecular flexibility index (Phi) is 17.4. The Morgan fingerprint density at radius 1 is 0.554 bits per heavy atom. The molecule has 318 valence electrons. The molecule has 6 fully saturated rings. The van der Waals surface area contributed by atoms with E-state index in [9.17, 15) is 18.9 Å². The van der Waals surface area contributed by atoms with Crippen LogP contribution in [0.3, 0.4) is 0 Å². The van der Waals surface area contributed by atoms with Crippen LogP contribution in [0.2, 0.25) is 0 Å². The van der Waals surface area contributed by atoms with E-state index in [1.165, 1.54) is 45.2 Å². The monoisotopic (exact) mass is 800 g/mol. The first kappa shape index (κ1) is 49.8. The molecule has 1 aliphatic carbocycles. The van der Waals surface area contributed by atoms with Crippen LogP contribution in [0, 0.1) is 51.2 Å². The second kappa shape index (κ2) is 19.6. The van der Waals surface area contributed by atoms with E-state index >= 15 is 0 Å². The number of hydrogen-bond donors (Lipinski definition) is 4. The molecular formula is C43H77N9O3S. The smallest absolute Gasteiger partial charge is 0.150 e. The molecule has 5 saturated heterocycles. The molecule has 5 aliphatic heterocycles. The molecule has 6 rings (SSSR count). The van der Waals surface area contributed by atoms with Gasteiger partial charge in [0, 0.05) is 54.8 Å². The van der Waals surface area contributed by atoms with Gasteiger partial charge in [0.25, 0.3) is 0 Å². The number of piperidine rings is 3. The Morgan fingerprint density at radius 2 is 0.929 bits per heavy atom. The van der Waals surface area contributed by atoms with Crippen molar-refractivity contribution in [2.24, 2.45) is 5.92 Å². The summed E-state index contributed by atoms with van der Waals surface area (Å²) in [6.07, 6.45) is 10.4. The van der Waals surface area contributed by atoms with Crippen LogP contribution in [0.15, 0.2) is 0 Å². The molecule has 6 aliphatic rings. The summed E-state index contributed by atoms with van der Waals surface area (Å²) < 4.78 is 27.8. The van der Waals surface area contributed by atoms with Crippen LogP contribution in [0.25, 0.3) is 0 Å². The van der Waals surface area contributed by atoms with Crippen molar-refractivity contribution in [1.29, 1.82) is 21.0 Å². The normalized spacial score (nSPS) is 27.6. The predicted molar refractivity (Wildman–Crippen MR) is 225 cm³/mol. The summed E-state index contributed by atoms with van der Waals surface area (Å²) in [5.74, 6) is 0.777. The third kappa shape index (κ3) is 16.9. The van der Waals surface area contributed by atoms with E-state index in [-0.39, 0.29) is 50.3 Å². The van der Waals surface area contributed by atoms with Gasteiger partial charge >= 0.3 is 0 Å². The highest BCUT2D eigenvalue weighted by Gasteiger charge is 2.48. The topological polar surface area (TPSA) is 190 Å². The fourth-order valence-electron chi connectivity index (χ4n) is 8.74. The highest BCUT2D eigenvalue weighted by atomic mass is 32.2. The standard InChI is InChI=1S/C12H21N3.C11H20N2.C10H18N2O2S.C10H18N2O/c1-11(2,3)14-12(8-13)9-15-6-4-10(12)5-7-15;1-10(2,3)13-11(9-12)7-5-4-6-8-11;1-9(2,3)12-10(8-11)4-6-15(13,14)7-5-10;1-9(2,3)12-10(8-11)4-6-13-7-5-10/h10,14H,4-7,9H2,1-3H3;13H,4-8H2,1-3H3;12H,4-7H2,1-3H3;12H,4-7H2,1-3H3. The van der Waals surface area contributed by atoms with Crippen LogP contribution in [-0.4, -0.2) is 102 Å². The van der Waals surface area contributed by atoms with Gasteiger partial charge in [-0.05, 0) is 141 Å². The van der Waals surface area contributed by atoms with E-state index < -0.39 is 15.4 Å². The molecule has 56 heavy (non-hydrogen) atoms. The molecule has 1 atom stereocenters. The number of nitrogens with one attached hydrogen (secondary N) is 4. The molecule has 5 heterocycles. The summed E-state index contributed by atoms with van der Waals surface area (Å²) >= 11 is 0. The average Bonchev–Trinajstić information content (AvgIpc) is 3.09. The SMILES string of the molecule is CC(C)(C)NC1(C#N)CCCCC1.CC(C)(C)NC1(C#N)CCOCC1.CC(C)(C)NC1(C#N)CCS(=O)(=O)CC1.CC(C)(C)NC1(C#N)CN2CCC1CC2. The first-order valence-corrected chi connectivity index (χ1v) is 22.7. The maximum absolute atomic E-state index is 11.3. The summed E-state index contributed by atoms with van der Waals surface area (Å²) in [5, 5.41) is 50.6.